The maximum absolute atomic E-state index is 5.76. The van der Waals surface area contributed by atoms with Gasteiger partial charge in [0.2, 0.25) is 0 Å². The van der Waals surface area contributed by atoms with Crippen molar-refractivity contribution in [1.82, 2.24) is 0 Å². The third kappa shape index (κ3) is 4.60. The highest BCUT2D eigenvalue weighted by atomic mass is 16.5. The van der Waals surface area contributed by atoms with Gasteiger partial charge in [0.25, 0.3) is 0 Å². The largest absolute Gasteiger partial charge is 0.494 e. The second-order valence-corrected chi connectivity index (χ2v) is 5.51. The predicted octanol–water partition coefficient (Wildman–Crippen LogP) is 5.63. The summed E-state index contributed by atoms with van der Waals surface area (Å²) in [4.78, 5) is 0. The zero-order valence-corrected chi connectivity index (χ0v) is 13.8. The molecule has 1 atom stereocenters. The Balaban J connectivity index is 2.03. The molecule has 0 saturated heterocycles. The van der Waals surface area contributed by atoms with Gasteiger partial charge in [0.15, 0.2) is 0 Å². The summed E-state index contributed by atoms with van der Waals surface area (Å²) in [5.41, 5.74) is 3.64. The van der Waals surface area contributed by atoms with Crippen molar-refractivity contribution >= 4 is 0 Å². The van der Waals surface area contributed by atoms with Crippen molar-refractivity contribution in [1.29, 1.82) is 0 Å². The van der Waals surface area contributed by atoms with E-state index in [-0.39, 0.29) is 6.10 Å². The molecule has 0 radical (unpaired) electrons. The Morgan fingerprint density at radius 1 is 0.773 bits per heavy atom. The Morgan fingerprint density at radius 3 is 1.86 bits per heavy atom. The van der Waals surface area contributed by atoms with Crippen LogP contribution in [0.2, 0.25) is 0 Å². The molecule has 0 aromatic heterocycles. The van der Waals surface area contributed by atoms with Gasteiger partial charge in [-0.3, -0.25) is 0 Å². The lowest BCUT2D eigenvalue weighted by Gasteiger charge is -2.13. The molecule has 22 heavy (non-hydrogen) atoms. The van der Waals surface area contributed by atoms with Crippen molar-refractivity contribution in [2.75, 3.05) is 13.2 Å². The van der Waals surface area contributed by atoms with Crippen LogP contribution in [-0.2, 0) is 4.74 Å². The molecule has 2 rings (SSSR count). The Bertz CT molecular complexity index is 543. The van der Waals surface area contributed by atoms with Crippen LogP contribution in [0.5, 0.6) is 5.75 Å². The van der Waals surface area contributed by atoms with E-state index in [1.165, 1.54) is 16.7 Å². The summed E-state index contributed by atoms with van der Waals surface area (Å²) in [7, 11) is 0. The molecular formula is C20H26O2. The van der Waals surface area contributed by atoms with Crippen LogP contribution in [0.15, 0.2) is 48.5 Å². The lowest BCUT2D eigenvalue weighted by atomic mass is 10.0. The maximum Gasteiger partial charge on any atom is 0.119 e. The van der Waals surface area contributed by atoms with Crippen LogP contribution < -0.4 is 4.74 Å². The molecule has 1 unspecified atom stereocenters. The van der Waals surface area contributed by atoms with E-state index in [0.717, 1.165) is 31.8 Å². The van der Waals surface area contributed by atoms with Gasteiger partial charge in [-0.05, 0) is 48.6 Å². The number of rotatable bonds is 8. The molecule has 118 valence electrons. The van der Waals surface area contributed by atoms with Crippen LogP contribution in [0.1, 0.15) is 45.3 Å². The highest BCUT2D eigenvalue weighted by Crippen LogP contribution is 2.25. The smallest absolute Gasteiger partial charge is 0.119 e. The van der Waals surface area contributed by atoms with E-state index in [4.69, 9.17) is 9.47 Å². The normalized spacial score (nSPS) is 12.1. The second kappa shape index (κ2) is 8.60. The van der Waals surface area contributed by atoms with Gasteiger partial charge < -0.3 is 9.47 Å². The Morgan fingerprint density at radius 2 is 1.32 bits per heavy atom. The molecule has 0 aliphatic heterocycles. The SMILES string of the molecule is CCCOc1ccc(-c2ccc(C(C)OCCC)cc2)cc1. The standard InChI is InChI=1S/C20H26O2/c1-4-14-21-16(3)17-6-8-18(9-7-17)19-10-12-20(13-11-19)22-15-5-2/h6-13,16H,4-5,14-15H2,1-3H3. The minimum Gasteiger partial charge on any atom is -0.494 e. The van der Waals surface area contributed by atoms with Crippen molar-refractivity contribution in [3.63, 3.8) is 0 Å². The molecule has 0 saturated carbocycles. The molecule has 0 bridgehead atoms. The van der Waals surface area contributed by atoms with Crippen LogP contribution >= 0.6 is 0 Å². The third-order valence-electron chi connectivity index (χ3n) is 3.61. The van der Waals surface area contributed by atoms with Crippen molar-refractivity contribution in [2.45, 2.75) is 39.7 Å². The van der Waals surface area contributed by atoms with Crippen LogP contribution in [0.25, 0.3) is 11.1 Å². The molecule has 0 aliphatic carbocycles. The average molecular weight is 298 g/mol. The minimum atomic E-state index is 0.152. The first-order valence-corrected chi connectivity index (χ1v) is 8.19. The van der Waals surface area contributed by atoms with E-state index in [9.17, 15) is 0 Å². The van der Waals surface area contributed by atoms with Gasteiger partial charge in [0.05, 0.1) is 12.7 Å². The Hall–Kier alpha value is -1.80. The van der Waals surface area contributed by atoms with Crippen LogP contribution in [-0.4, -0.2) is 13.2 Å². The van der Waals surface area contributed by atoms with Gasteiger partial charge in [-0.2, -0.15) is 0 Å². The molecule has 2 nitrogen and oxygen atoms in total. The van der Waals surface area contributed by atoms with Gasteiger partial charge >= 0.3 is 0 Å². The van der Waals surface area contributed by atoms with Crippen LogP contribution in [0.3, 0.4) is 0 Å². The van der Waals surface area contributed by atoms with E-state index in [1.807, 2.05) is 12.1 Å². The zero-order chi connectivity index (χ0) is 15.8. The lowest BCUT2D eigenvalue weighted by Crippen LogP contribution is -2.00. The van der Waals surface area contributed by atoms with Crippen molar-refractivity contribution in [3.05, 3.63) is 54.1 Å². The molecule has 0 amide bonds. The first kappa shape index (κ1) is 16.6. The fourth-order valence-electron chi connectivity index (χ4n) is 2.30. The van der Waals surface area contributed by atoms with Crippen LogP contribution in [0.4, 0.5) is 0 Å². The molecule has 0 heterocycles. The van der Waals surface area contributed by atoms with E-state index in [1.54, 1.807) is 0 Å². The average Bonchev–Trinajstić information content (AvgIpc) is 2.58. The molecule has 2 heteroatoms. The first-order chi connectivity index (χ1) is 10.7. The van der Waals surface area contributed by atoms with Gasteiger partial charge in [0, 0.05) is 6.61 Å². The molecule has 2 aromatic rings. The molecule has 2 aromatic carbocycles. The number of benzene rings is 2. The Kier molecular flexibility index (Phi) is 6.47. The summed E-state index contributed by atoms with van der Waals surface area (Å²) in [5, 5.41) is 0. The fourth-order valence-corrected chi connectivity index (χ4v) is 2.30. The topological polar surface area (TPSA) is 18.5 Å². The van der Waals surface area contributed by atoms with Gasteiger partial charge in [-0.25, -0.2) is 0 Å². The quantitative estimate of drug-likeness (QED) is 0.628. The molecule has 0 fully saturated rings. The van der Waals surface area contributed by atoms with E-state index in [0.29, 0.717) is 0 Å². The number of ether oxygens (including phenoxy) is 2. The molecular weight excluding hydrogens is 272 g/mol. The zero-order valence-electron chi connectivity index (χ0n) is 13.8. The van der Waals surface area contributed by atoms with Crippen LogP contribution in [0, 0.1) is 0 Å². The highest BCUT2D eigenvalue weighted by molar-refractivity contribution is 5.64. The second-order valence-electron chi connectivity index (χ2n) is 5.51. The summed E-state index contributed by atoms with van der Waals surface area (Å²) >= 11 is 0. The van der Waals surface area contributed by atoms with E-state index in [2.05, 4.69) is 57.2 Å². The summed E-state index contributed by atoms with van der Waals surface area (Å²) in [5.74, 6) is 0.934. The molecule has 0 aliphatic rings. The van der Waals surface area contributed by atoms with Crippen molar-refractivity contribution < 1.29 is 9.47 Å². The number of hydrogen-bond acceptors (Lipinski definition) is 2. The predicted molar refractivity (Wildman–Crippen MR) is 92.3 cm³/mol. The minimum absolute atomic E-state index is 0.152. The van der Waals surface area contributed by atoms with E-state index < -0.39 is 0 Å². The lowest BCUT2D eigenvalue weighted by molar-refractivity contribution is 0.0663. The highest BCUT2D eigenvalue weighted by Gasteiger charge is 2.06. The molecule has 0 spiro atoms. The fraction of sp³-hybridized carbons (Fsp3) is 0.400. The summed E-state index contributed by atoms with van der Waals surface area (Å²) < 4.78 is 11.4. The van der Waals surface area contributed by atoms with Crippen molar-refractivity contribution in [2.24, 2.45) is 0 Å². The van der Waals surface area contributed by atoms with Gasteiger partial charge in [-0.15, -0.1) is 0 Å². The summed E-state index contributed by atoms with van der Waals surface area (Å²) in [6.45, 7) is 7.92. The van der Waals surface area contributed by atoms with Crippen molar-refractivity contribution in [3.8, 4) is 16.9 Å². The number of hydrogen-bond donors (Lipinski definition) is 0. The van der Waals surface area contributed by atoms with Gasteiger partial charge in [0.1, 0.15) is 5.75 Å². The summed E-state index contributed by atoms with van der Waals surface area (Å²) in [6, 6.07) is 16.9. The van der Waals surface area contributed by atoms with E-state index >= 15 is 0 Å². The monoisotopic (exact) mass is 298 g/mol. The Labute approximate surface area is 134 Å². The maximum atomic E-state index is 5.76. The van der Waals surface area contributed by atoms with Gasteiger partial charge in [-0.1, -0.05) is 50.2 Å². The first-order valence-electron chi connectivity index (χ1n) is 8.19. The third-order valence-corrected chi connectivity index (χ3v) is 3.61. The molecule has 0 N–H and O–H groups in total. The summed E-state index contributed by atoms with van der Waals surface area (Å²) in [6.07, 6.45) is 2.23.